The largest absolute Gasteiger partial charge is 0.391 e. The molecule has 1 fully saturated rings. The molecular formula is C28H26ClFN6O2. The van der Waals surface area contributed by atoms with Crippen LogP contribution in [0.5, 0.6) is 0 Å². The first-order valence-electron chi connectivity index (χ1n) is 12.2. The van der Waals surface area contributed by atoms with Crippen LogP contribution in [0.2, 0.25) is 5.02 Å². The van der Waals surface area contributed by atoms with Crippen molar-refractivity contribution in [3.8, 4) is 11.8 Å². The average molecular weight is 533 g/mol. The number of imidazole rings is 1. The van der Waals surface area contributed by atoms with Crippen molar-refractivity contribution in [3.63, 3.8) is 0 Å². The van der Waals surface area contributed by atoms with Crippen LogP contribution in [0.25, 0.3) is 11.2 Å². The number of aliphatic hydroxyl groups is 1. The maximum atomic E-state index is 13.3. The van der Waals surface area contributed by atoms with Gasteiger partial charge >= 0.3 is 0 Å². The molecule has 38 heavy (non-hydrogen) atoms. The third kappa shape index (κ3) is 5.19. The van der Waals surface area contributed by atoms with Crippen molar-refractivity contribution in [2.75, 3.05) is 12.4 Å². The Morgan fingerprint density at radius 2 is 2.00 bits per heavy atom. The van der Waals surface area contributed by atoms with Gasteiger partial charge < -0.3 is 20.3 Å². The fourth-order valence-electron chi connectivity index (χ4n) is 4.98. The molecule has 2 aromatic heterocycles. The highest BCUT2D eigenvalue weighted by molar-refractivity contribution is 6.30. The maximum absolute atomic E-state index is 13.3. The first kappa shape index (κ1) is 25.6. The van der Waals surface area contributed by atoms with Gasteiger partial charge in [-0.3, -0.25) is 4.79 Å². The number of carbonyl (C=O) groups excluding carboxylic acids is 1. The van der Waals surface area contributed by atoms with Crippen LogP contribution in [0.4, 0.5) is 10.2 Å². The maximum Gasteiger partial charge on any atom is 0.223 e. The second-order valence-corrected chi connectivity index (χ2v) is 9.77. The normalized spacial score (nSPS) is 20.7. The van der Waals surface area contributed by atoms with E-state index < -0.39 is 12.1 Å². The summed E-state index contributed by atoms with van der Waals surface area (Å²) in [5.41, 5.74) is 2.58. The molecule has 2 heterocycles. The number of aromatic nitrogens is 4. The minimum Gasteiger partial charge on any atom is -0.391 e. The molecule has 1 saturated carbocycles. The fourth-order valence-corrected chi connectivity index (χ4v) is 5.19. The number of nitrogens with one attached hydrogen (secondary N) is 2. The van der Waals surface area contributed by atoms with Gasteiger partial charge in [-0.2, -0.15) is 0 Å². The lowest BCUT2D eigenvalue weighted by Crippen LogP contribution is -2.30. The van der Waals surface area contributed by atoms with Crippen LogP contribution in [0.3, 0.4) is 0 Å². The summed E-state index contributed by atoms with van der Waals surface area (Å²) in [7, 11) is 1.60. The molecule has 1 aliphatic rings. The molecule has 3 N–H and O–H groups in total. The molecule has 2 aromatic carbocycles. The van der Waals surface area contributed by atoms with Crippen LogP contribution in [0.15, 0.2) is 54.9 Å². The highest BCUT2D eigenvalue weighted by Gasteiger charge is 2.44. The number of hydrogen-bond donors (Lipinski definition) is 3. The Morgan fingerprint density at radius 1 is 1.21 bits per heavy atom. The number of carbonyl (C=O) groups is 1. The molecule has 0 aliphatic heterocycles. The van der Waals surface area contributed by atoms with Crippen molar-refractivity contribution in [1.29, 1.82) is 0 Å². The van der Waals surface area contributed by atoms with E-state index >= 15 is 0 Å². The molecule has 10 heteroatoms. The SMILES string of the molecule is CNC(=O)[C@@H]1C[C@@H](O)[C@H](n2cnc3c(NCc4cccc(Cl)c4)nc(C#Cc4ccc(F)cc4)nc32)[C@H]1C. The van der Waals surface area contributed by atoms with E-state index in [-0.39, 0.29) is 29.4 Å². The van der Waals surface area contributed by atoms with E-state index in [0.717, 1.165) is 5.56 Å². The van der Waals surface area contributed by atoms with Crippen LogP contribution >= 0.6 is 11.6 Å². The molecule has 8 nitrogen and oxygen atoms in total. The first-order valence-corrected chi connectivity index (χ1v) is 12.6. The zero-order valence-corrected chi connectivity index (χ0v) is 21.6. The van der Waals surface area contributed by atoms with E-state index in [4.69, 9.17) is 11.6 Å². The Balaban J connectivity index is 1.56. The van der Waals surface area contributed by atoms with Crippen molar-refractivity contribution >= 4 is 34.5 Å². The third-order valence-electron chi connectivity index (χ3n) is 6.90. The highest BCUT2D eigenvalue weighted by Crippen LogP contribution is 2.42. The van der Waals surface area contributed by atoms with Gasteiger partial charge in [0.1, 0.15) is 5.82 Å². The zero-order chi connectivity index (χ0) is 26.8. The Hall–Kier alpha value is -4.00. The number of halogens is 2. The zero-order valence-electron chi connectivity index (χ0n) is 20.8. The summed E-state index contributed by atoms with van der Waals surface area (Å²) >= 11 is 6.14. The monoisotopic (exact) mass is 532 g/mol. The van der Waals surface area contributed by atoms with Crippen LogP contribution in [-0.2, 0) is 11.3 Å². The van der Waals surface area contributed by atoms with Gasteiger partial charge in [-0.15, -0.1) is 0 Å². The summed E-state index contributed by atoms with van der Waals surface area (Å²) < 4.78 is 15.1. The molecular weight excluding hydrogens is 507 g/mol. The molecule has 0 radical (unpaired) electrons. The summed E-state index contributed by atoms with van der Waals surface area (Å²) in [6.45, 7) is 2.38. The standard InChI is InChI=1S/C28H26ClFN6O2/c1-16-21(28(38)31-2)13-22(37)25(16)36-15-33-24-26(32-14-18-4-3-5-19(29)12-18)34-23(35-27(24)36)11-8-17-6-9-20(30)10-7-17/h3-7,9-10,12,15-16,21-22,25,37H,13-14H2,1-2H3,(H,31,38)(H,32,34,35)/t16-,21+,22+,25+/m0/s1. The van der Waals surface area contributed by atoms with E-state index in [9.17, 15) is 14.3 Å². The Morgan fingerprint density at radius 3 is 2.74 bits per heavy atom. The number of benzene rings is 2. The van der Waals surface area contributed by atoms with Crippen molar-refractivity contribution in [2.45, 2.75) is 32.0 Å². The number of rotatable bonds is 5. The smallest absolute Gasteiger partial charge is 0.223 e. The summed E-state index contributed by atoms with van der Waals surface area (Å²) in [6, 6.07) is 12.9. The lowest BCUT2D eigenvalue weighted by molar-refractivity contribution is -0.125. The second kappa shape index (κ2) is 10.8. The lowest BCUT2D eigenvalue weighted by Gasteiger charge is -2.22. The Labute approximate surface area is 224 Å². The van der Waals surface area contributed by atoms with Gasteiger partial charge in [0.2, 0.25) is 11.7 Å². The van der Waals surface area contributed by atoms with Gasteiger partial charge in [-0.05, 0) is 60.2 Å². The average Bonchev–Trinajstić information content (AvgIpc) is 3.46. The molecule has 4 atom stereocenters. The quantitative estimate of drug-likeness (QED) is 0.336. The van der Waals surface area contributed by atoms with E-state index in [1.54, 1.807) is 31.6 Å². The Bertz CT molecular complexity index is 1540. The summed E-state index contributed by atoms with van der Waals surface area (Å²) in [5.74, 6) is 5.70. The molecule has 4 aromatic rings. The topological polar surface area (TPSA) is 105 Å². The highest BCUT2D eigenvalue weighted by atomic mass is 35.5. The molecule has 194 valence electrons. The molecule has 1 amide bonds. The molecule has 0 saturated heterocycles. The van der Waals surface area contributed by atoms with E-state index in [2.05, 4.69) is 37.4 Å². The summed E-state index contributed by atoms with van der Waals surface area (Å²) in [5, 5.41) is 17.6. The number of fused-ring (bicyclic) bond motifs is 1. The van der Waals surface area contributed by atoms with Crippen LogP contribution < -0.4 is 10.6 Å². The van der Waals surface area contributed by atoms with Gasteiger partial charge in [-0.25, -0.2) is 19.3 Å². The van der Waals surface area contributed by atoms with E-state index in [1.807, 2.05) is 29.7 Å². The number of hydrogen-bond acceptors (Lipinski definition) is 6. The van der Waals surface area contributed by atoms with Crippen molar-refractivity contribution in [1.82, 2.24) is 24.8 Å². The minimum absolute atomic E-state index is 0.104. The van der Waals surface area contributed by atoms with E-state index in [0.29, 0.717) is 40.5 Å². The molecule has 5 rings (SSSR count). The number of aliphatic hydroxyl groups excluding tert-OH is 1. The van der Waals surface area contributed by atoms with Crippen LogP contribution in [0.1, 0.15) is 36.3 Å². The number of anilines is 1. The van der Waals surface area contributed by atoms with E-state index in [1.165, 1.54) is 12.1 Å². The predicted octanol–water partition coefficient (Wildman–Crippen LogP) is 3.93. The van der Waals surface area contributed by atoms with Gasteiger partial charge in [0.25, 0.3) is 0 Å². The van der Waals surface area contributed by atoms with Gasteiger partial charge in [0, 0.05) is 30.1 Å². The number of nitrogens with zero attached hydrogens (tertiary/aromatic N) is 4. The fraction of sp³-hybridized carbons (Fsp3) is 0.286. The summed E-state index contributed by atoms with van der Waals surface area (Å²) in [4.78, 5) is 26.2. The van der Waals surface area contributed by atoms with Crippen molar-refractivity contribution in [3.05, 3.63) is 82.6 Å². The lowest BCUT2D eigenvalue weighted by atomic mass is 9.95. The van der Waals surface area contributed by atoms with Crippen LogP contribution in [0, 0.1) is 29.5 Å². The van der Waals surface area contributed by atoms with Gasteiger partial charge in [-0.1, -0.05) is 36.6 Å². The van der Waals surface area contributed by atoms with Gasteiger partial charge in [0.15, 0.2) is 17.0 Å². The minimum atomic E-state index is -0.753. The first-order chi connectivity index (χ1) is 18.3. The molecule has 0 spiro atoms. The molecule has 0 unspecified atom stereocenters. The Kier molecular flexibility index (Phi) is 7.27. The summed E-state index contributed by atoms with van der Waals surface area (Å²) in [6.07, 6.45) is 1.21. The van der Waals surface area contributed by atoms with Crippen molar-refractivity contribution in [2.24, 2.45) is 11.8 Å². The molecule has 1 aliphatic carbocycles. The predicted molar refractivity (Wildman–Crippen MR) is 143 cm³/mol. The number of amides is 1. The second-order valence-electron chi connectivity index (χ2n) is 9.33. The van der Waals surface area contributed by atoms with Gasteiger partial charge in [0.05, 0.1) is 18.5 Å². The molecule has 0 bridgehead atoms. The van der Waals surface area contributed by atoms with Crippen molar-refractivity contribution < 1.29 is 14.3 Å². The van der Waals surface area contributed by atoms with Crippen LogP contribution in [-0.4, -0.2) is 43.7 Å². The third-order valence-corrected chi connectivity index (χ3v) is 7.14.